The molecule has 2 heterocycles. The number of aromatic nitrogens is 1. The number of pyridine rings is 1. The van der Waals surface area contributed by atoms with Gasteiger partial charge in [-0.3, -0.25) is 9.59 Å². The molecule has 0 atom stereocenters. The van der Waals surface area contributed by atoms with Crippen molar-refractivity contribution in [3.63, 3.8) is 0 Å². The second kappa shape index (κ2) is 9.08. The number of carbonyl (C=O) groups is 1. The van der Waals surface area contributed by atoms with Crippen molar-refractivity contribution in [3.8, 4) is 17.0 Å². The van der Waals surface area contributed by atoms with Crippen LogP contribution in [-0.4, -0.2) is 49.1 Å². The molecule has 3 aromatic rings. The van der Waals surface area contributed by atoms with Crippen LogP contribution in [0, 0.1) is 6.92 Å². The Balaban J connectivity index is 1.47. The Morgan fingerprint density at radius 2 is 1.77 bits per heavy atom. The number of amides is 1. The molecule has 1 fully saturated rings. The fourth-order valence-electron chi connectivity index (χ4n) is 3.97. The summed E-state index contributed by atoms with van der Waals surface area (Å²) in [6, 6.07) is 19.3. The van der Waals surface area contributed by atoms with Gasteiger partial charge in [0, 0.05) is 37.6 Å². The van der Waals surface area contributed by atoms with E-state index >= 15 is 0 Å². The second-order valence-electron chi connectivity index (χ2n) is 7.82. The number of anilines is 1. The lowest BCUT2D eigenvalue weighted by molar-refractivity contribution is 0.0765. The third-order valence-corrected chi connectivity index (χ3v) is 5.69. The molecule has 0 saturated carbocycles. The van der Waals surface area contributed by atoms with Gasteiger partial charge in [-0.15, -0.1) is 0 Å². The van der Waals surface area contributed by atoms with E-state index in [1.807, 2.05) is 61.5 Å². The Hall–Kier alpha value is -3.54. The van der Waals surface area contributed by atoms with Gasteiger partial charge in [-0.05, 0) is 61.4 Å². The van der Waals surface area contributed by atoms with Crippen LogP contribution in [0.3, 0.4) is 0 Å². The van der Waals surface area contributed by atoms with Crippen LogP contribution >= 0.6 is 0 Å². The third kappa shape index (κ3) is 4.63. The summed E-state index contributed by atoms with van der Waals surface area (Å²) in [6.45, 7) is 4.79. The highest BCUT2D eigenvalue weighted by atomic mass is 16.5. The van der Waals surface area contributed by atoms with Gasteiger partial charge >= 0.3 is 0 Å². The molecule has 0 bridgehead atoms. The number of benzene rings is 2. The fourth-order valence-corrected chi connectivity index (χ4v) is 3.97. The van der Waals surface area contributed by atoms with Crippen LogP contribution in [0.5, 0.6) is 5.75 Å². The second-order valence-corrected chi connectivity index (χ2v) is 7.82. The van der Waals surface area contributed by atoms with Crippen LogP contribution in [0.25, 0.3) is 11.3 Å². The quantitative estimate of drug-likeness (QED) is 0.703. The minimum atomic E-state index is -0.347. The van der Waals surface area contributed by atoms with Gasteiger partial charge in [0.2, 0.25) is 0 Å². The topological polar surface area (TPSA) is 65.6 Å². The first kappa shape index (κ1) is 20.7. The summed E-state index contributed by atoms with van der Waals surface area (Å²) < 4.78 is 5.23. The molecule has 1 aromatic heterocycles. The Labute approximate surface area is 182 Å². The minimum absolute atomic E-state index is 0.189. The van der Waals surface area contributed by atoms with E-state index in [-0.39, 0.29) is 17.0 Å². The standard InChI is InChI=1S/C25H27N3O3/c1-18-5-3-6-19(17-18)23-12-11-22(24(29)26-23)25(30)28-14-4-13-27(15-16-28)20-7-9-21(31-2)10-8-20/h3,5-12,17H,4,13-16H2,1-2H3,(H,26,29). The number of hydrogen-bond donors (Lipinski definition) is 1. The van der Waals surface area contributed by atoms with E-state index in [0.717, 1.165) is 42.1 Å². The van der Waals surface area contributed by atoms with E-state index < -0.39 is 0 Å². The Kier molecular flexibility index (Phi) is 6.07. The van der Waals surface area contributed by atoms with E-state index in [4.69, 9.17) is 4.74 Å². The average Bonchev–Trinajstić information content (AvgIpc) is 3.05. The highest BCUT2D eigenvalue weighted by molar-refractivity contribution is 5.94. The lowest BCUT2D eigenvalue weighted by Crippen LogP contribution is -2.37. The molecule has 1 aliphatic heterocycles. The van der Waals surface area contributed by atoms with Crippen molar-refractivity contribution in [2.75, 3.05) is 38.2 Å². The van der Waals surface area contributed by atoms with E-state index in [1.54, 1.807) is 18.1 Å². The van der Waals surface area contributed by atoms with E-state index in [2.05, 4.69) is 9.88 Å². The van der Waals surface area contributed by atoms with E-state index in [9.17, 15) is 9.59 Å². The molecule has 6 heteroatoms. The number of aromatic amines is 1. The molecule has 0 spiro atoms. The molecule has 6 nitrogen and oxygen atoms in total. The first-order valence-corrected chi connectivity index (χ1v) is 10.5. The van der Waals surface area contributed by atoms with Crippen molar-refractivity contribution in [2.24, 2.45) is 0 Å². The molecule has 160 valence electrons. The van der Waals surface area contributed by atoms with Crippen LogP contribution in [0.2, 0.25) is 0 Å². The van der Waals surface area contributed by atoms with Crippen molar-refractivity contribution in [1.82, 2.24) is 9.88 Å². The van der Waals surface area contributed by atoms with Crippen LogP contribution in [0.4, 0.5) is 5.69 Å². The first-order chi connectivity index (χ1) is 15.0. The van der Waals surface area contributed by atoms with Gasteiger partial charge < -0.3 is 19.5 Å². The van der Waals surface area contributed by atoms with Gasteiger partial charge in [0.1, 0.15) is 11.3 Å². The summed E-state index contributed by atoms with van der Waals surface area (Å²) in [6.07, 6.45) is 0.844. The summed E-state index contributed by atoms with van der Waals surface area (Å²) in [7, 11) is 1.65. The predicted molar refractivity (Wildman–Crippen MR) is 123 cm³/mol. The van der Waals surface area contributed by atoms with Crippen LogP contribution < -0.4 is 15.2 Å². The number of methoxy groups -OCH3 is 1. The monoisotopic (exact) mass is 417 g/mol. The summed E-state index contributed by atoms with van der Waals surface area (Å²) in [5.74, 6) is 0.609. The van der Waals surface area contributed by atoms with Crippen molar-refractivity contribution < 1.29 is 9.53 Å². The van der Waals surface area contributed by atoms with Crippen molar-refractivity contribution in [3.05, 3.63) is 82.1 Å². The fraction of sp³-hybridized carbons (Fsp3) is 0.280. The van der Waals surface area contributed by atoms with Crippen molar-refractivity contribution in [1.29, 1.82) is 0 Å². The molecule has 2 aromatic carbocycles. The number of nitrogens with zero attached hydrogens (tertiary/aromatic N) is 2. The summed E-state index contributed by atoms with van der Waals surface area (Å²) in [4.78, 5) is 32.7. The maximum absolute atomic E-state index is 13.1. The van der Waals surface area contributed by atoms with Gasteiger partial charge in [-0.25, -0.2) is 0 Å². The van der Waals surface area contributed by atoms with Crippen molar-refractivity contribution >= 4 is 11.6 Å². The number of nitrogens with one attached hydrogen (secondary N) is 1. The van der Waals surface area contributed by atoms with Gasteiger partial charge in [0.05, 0.1) is 7.11 Å². The molecule has 0 radical (unpaired) electrons. The maximum Gasteiger partial charge on any atom is 0.261 e. The normalized spacial score (nSPS) is 14.3. The van der Waals surface area contributed by atoms with Crippen molar-refractivity contribution in [2.45, 2.75) is 13.3 Å². The van der Waals surface area contributed by atoms with Gasteiger partial charge in [0.25, 0.3) is 11.5 Å². The Bertz CT molecular complexity index is 1120. The van der Waals surface area contributed by atoms with Gasteiger partial charge in [-0.1, -0.05) is 23.8 Å². The molecule has 1 aliphatic rings. The lowest BCUT2D eigenvalue weighted by Gasteiger charge is -2.24. The molecule has 31 heavy (non-hydrogen) atoms. The third-order valence-electron chi connectivity index (χ3n) is 5.69. The zero-order valence-electron chi connectivity index (χ0n) is 17.9. The maximum atomic E-state index is 13.1. The van der Waals surface area contributed by atoms with E-state index in [1.165, 1.54) is 0 Å². The number of carbonyl (C=O) groups excluding carboxylic acids is 1. The molecule has 0 unspecified atom stereocenters. The van der Waals surface area contributed by atoms with Gasteiger partial charge in [-0.2, -0.15) is 0 Å². The number of rotatable bonds is 4. The summed E-state index contributed by atoms with van der Waals surface area (Å²) in [5, 5.41) is 0. The molecule has 1 saturated heterocycles. The van der Waals surface area contributed by atoms with Gasteiger partial charge in [0.15, 0.2) is 0 Å². The highest BCUT2D eigenvalue weighted by Crippen LogP contribution is 2.21. The zero-order valence-corrected chi connectivity index (χ0v) is 17.9. The summed E-state index contributed by atoms with van der Waals surface area (Å²) in [5.41, 5.74) is 3.71. The molecular formula is C25H27N3O3. The average molecular weight is 418 g/mol. The predicted octanol–water partition coefficient (Wildman–Crippen LogP) is 3.71. The zero-order chi connectivity index (χ0) is 21.8. The number of ether oxygens (including phenoxy) is 1. The summed E-state index contributed by atoms with van der Waals surface area (Å²) >= 11 is 0. The molecule has 4 rings (SSSR count). The number of H-pyrrole nitrogens is 1. The molecular weight excluding hydrogens is 390 g/mol. The van der Waals surface area contributed by atoms with Crippen LogP contribution in [0.1, 0.15) is 22.3 Å². The highest BCUT2D eigenvalue weighted by Gasteiger charge is 2.22. The number of aryl methyl sites for hydroxylation is 1. The van der Waals surface area contributed by atoms with Crippen LogP contribution in [-0.2, 0) is 0 Å². The largest absolute Gasteiger partial charge is 0.497 e. The molecule has 0 aliphatic carbocycles. The lowest BCUT2D eigenvalue weighted by atomic mass is 10.1. The van der Waals surface area contributed by atoms with E-state index in [0.29, 0.717) is 18.8 Å². The SMILES string of the molecule is COc1ccc(N2CCCN(C(=O)c3ccc(-c4cccc(C)c4)[nH]c3=O)CC2)cc1. The Morgan fingerprint density at radius 1 is 0.968 bits per heavy atom. The number of hydrogen-bond acceptors (Lipinski definition) is 4. The molecule has 1 N–H and O–H groups in total. The first-order valence-electron chi connectivity index (χ1n) is 10.5. The molecule has 1 amide bonds. The van der Waals surface area contributed by atoms with Crippen LogP contribution in [0.15, 0.2) is 65.5 Å². The minimum Gasteiger partial charge on any atom is -0.497 e. The Morgan fingerprint density at radius 3 is 2.48 bits per heavy atom. The smallest absolute Gasteiger partial charge is 0.261 e.